The van der Waals surface area contributed by atoms with Crippen molar-refractivity contribution in [3.05, 3.63) is 0 Å². The van der Waals surface area contributed by atoms with E-state index in [1.807, 2.05) is 42.0 Å². The molecule has 18 heavy (non-hydrogen) atoms. The van der Waals surface area contributed by atoms with Crippen molar-refractivity contribution >= 4 is 0 Å². The Morgan fingerprint density at radius 2 is 0.889 bits per heavy atom. The van der Waals surface area contributed by atoms with E-state index in [1.165, 1.54) is 0 Å². The summed E-state index contributed by atoms with van der Waals surface area (Å²) < 4.78 is 0. The first-order valence-electron chi connectivity index (χ1n) is 6.76. The highest BCUT2D eigenvalue weighted by molar-refractivity contribution is 4.62. The van der Waals surface area contributed by atoms with E-state index in [2.05, 4.69) is 23.6 Å². The number of nitrogens with zero attached hydrogens (tertiary/aromatic N) is 2. The highest BCUT2D eigenvalue weighted by atomic mass is 16.3. The molecule has 0 aliphatic carbocycles. The second-order valence-electron chi connectivity index (χ2n) is 5.79. The van der Waals surface area contributed by atoms with Crippen molar-refractivity contribution in [2.45, 2.75) is 64.8 Å². The summed E-state index contributed by atoms with van der Waals surface area (Å²) in [6.45, 7) is 7.85. The summed E-state index contributed by atoms with van der Waals surface area (Å²) in [6, 6.07) is 0.954. The Kier molecular flexibility index (Phi) is 12.0. The third kappa shape index (κ3) is 13.9. The number of hydrogen-bond donors (Lipinski definition) is 2. The monoisotopic (exact) mass is 262 g/mol. The standard InChI is InChI=1S/2C7H17NO/c2*1-6(8(3)4)5-7(2)9/h2*6-7,9H,5H2,1-4H3. The fourth-order valence-electron chi connectivity index (χ4n) is 1.41. The van der Waals surface area contributed by atoms with E-state index in [0.29, 0.717) is 12.1 Å². The van der Waals surface area contributed by atoms with Gasteiger partial charge in [-0.2, -0.15) is 0 Å². The van der Waals surface area contributed by atoms with Gasteiger partial charge in [0.25, 0.3) is 0 Å². The minimum absolute atomic E-state index is 0.178. The van der Waals surface area contributed by atoms with Gasteiger partial charge in [-0.05, 0) is 68.7 Å². The van der Waals surface area contributed by atoms with Gasteiger partial charge in [-0.1, -0.05) is 0 Å². The van der Waals surface area contributed by atoms with Gasteiger partial charge in [0, 0.05) is 12.1 Å². The molecule has 0 aromatic rings. The fraction of sp³-hybridized carbons (Fsp3) is 1.00. The zero-order chi connectivity index (χ0) is 14.9. The Balaban J connectivity index is 0. The molecule has 0 rings (SSSR count). The van der Waals surface area contributed by atoms with Crippen molar-refractivity contribution < 1.29 is 10.2 Å². The van der Waals surface area contributed by atoms with E-state index in [1.54, 1.807) is 0 Å². The van der Waals surface area contributed by atoms with Crippen LogP contribution in [-0.4, -0.2) is 72.5 Å². The molecule has 4 heteroatoms. The number of aliphatic hydroxyl groups excluding tert-OH is 2. The maximum Gasteiger partial charge on any atom is 0.0526 e. The van der Waals surface area contributed by atoms with Crippen LogP contribution in [-0.2, 0) is 0 Å². The van der Waals surface area contributed by atoms with Gasteiger partial charge in [0.05, 0.1) is 12.2 Å². The lowest BCUT2D eigenvalue weighted by Gasteiger charge is -2.20. The molecular formula is C14H34N2O2. The van der Waals surface area contributed by atoms with Gasteiger partial charge in [0.2, 0.25) is 0 Å². The second kappa shape index (κ2) is 10.7. The van der Waals surface area contributed by atoms with Gasteiger partial charge < -0.3 is 20.0 Å². The summed E-state index contributed by atoms with van der Waals surface area (Å²) in [4.78, 5) is 4.21. The van der Waals surface area contributed by atoms with Crippen LogP contribution in [0.1, 0.15) is 40.5 Å². The molecular weight excluding hydrogens is 228 g/mol. The van der Waals surface area contributed by atoms with Crippen molar-refractivity contribution in [2.24, 2.45) is 0 Å². The smallest absolute Gasteiger partial charge is 0.0526 e. The predicted octanol–water partition coefficient (Wildman–Crippen LogP) is 1.41. The number of hydrogen-bond acceptors (Lipinski definition) is 4. The number of aliphatic hydroxyl groups is 2. The van der Waals surface area contributed by atoms with Gasteiger partial charge in [-0.15, -0.1) is 0 Å². The molecule has 0 aromatic carbocycles. The van der Waals surface area contributed by atoms with Crippen LogP contribution in [0.5, 0.6) is 0 Å². The van der Waals surface area contributed by atoms with Crippen molar-refractivity contribution in [3.63, 3.8) is 0 Å². The Morgan fingerprint density at radius 3 is 0.944 bits per heavy atom. The predicted molar refractivity (Wildman–Crippen MR) is 78.9 cm³/mol. The van der Waals surface area contributed by atoms with Crippen LogP contribution in [0.15, 0.2) is 0 Å². The largest absolute Gasteiger partial charge is 0.393 e. The minimum atomic E-state index is -0.178. The zero-order valence-electron chi connectivity index (χ0n) is 13.5. The maximum absolute atomic E-state index is 8.94. The zero-order valence-corrected chi connectivity index (χ0v) is 13.5. The van der Waals surface area contributed by atoms with Crippen molar-refractivity contribution in [3.8, 4) is 0 Å². The Labute approximate surface area is 114 Å². The molecule has 0 aromatic heterocycles. The highest BCUT2D eigenvalue weighted by Crippen LogP contribution is 2.01. The fourth-order valence-corrected chi connectivity index (χ4v) is 1.41. The van der Waals surface area contributed by atoms with Crippen LogP contribution in [0, 0.1) is 0 Å². The van der Waals surface area contributed by atoms with E-state index in [0.717, 1.165) is 12.8 Å². The molecule has 0 heterocycles. The van der Waals surface area contributed by atoms with Crippen LogP contribution in [0.4, 0.5) is 0 Å². The average Bonchev–Trinajstić information content (AvgIpc) is 2.16. The Bertz CT molecular complexity index is 163. The van der Waals surface area contributed by atoms with Gasteiger partial charge in [0.1, 0.15) is 0 Å². The highest BCUT2D eigenvalue weighted by Gasteiger charge is 2.07. The van der Waals surface area contributed by atoms with Crippen molar-refractivity contribution in [2.75, 3.05) is 28.2 Å². The molecule has 112 valence electrons. The van der Waals surface area contributed by atoms with Crippen molar-refractivity contribution in [1.29, 1.82) is 0 Å². The summed E-state index contributed by atoms with van der Waals surface area (Å²) in [5.41, 5.74) is 0. The lowest BCUT2D eigenvalue weighted by atomic mass is 10.1. The van der Waals surface area contributed by atoms with E-state index >= 15 is 0 Å². The molecule has 4 nitrogen and oxygen atoms in total. The molecule has 0 amide bonds. The first-order chi connectivity index (χ1) is 8.07. The van der Waals surface area contributed by atoms with Gasteiger partial charge in [-0.3, -0.25) is 0 Å². The molecule has 0 fully saturated rings. The summed E-state index contributed by atoms with van der Waals surface area (Å²) >= 11 is 0. The molecule has 0 aliphatic rings. The normalized spacial score (nSPS) is 18.0. The lowest BCUT2D eigenvalue weighted by Crippen LogP contribution is -2.27. The SMILES string of the molecule is CC(O)CC(C)N(C)C.CC(O)CC(C)N(C)C. The van der Waals surface area contributed by atoms with E-state index in [4.69, 9.17) is 10.2 Å². The topological polar surface area (TPSA) is 46.9 Å². The Morgan fingerprint density at radius 1 is 0.667 bits per heavy atom. The molecule has 0 aliphatic heterocycles. The van der Waals surface area contributed by atoms with Crippen LogP contribution < -0.4 is 0 Å². The minimum Gasteiger partial charge on any atom is -0.393 e. The molecule has 0 saturated carbocycles. The molecule has 2 N–H and O–H groups in total. The van der Waals surface area contributed by atoms with Crippen molar-refractivity contribution in [1.82, 2.24) is 9.80 Å². The van der Waals surface area contributed by atoms with Gasteiger partial charge >= 0.3 is 0 Å². The Hall–Kier alpha value is -0.160. The van der Waals surface area contributed by atoms with Crippen LogP contribution in [0.25, 0.3) is 0 Å². The van der Waals surface area contributed by atoms with Crippen LogP contribution >= 0.6 is 0 Å². The molecule has 0 bridgehead atoms. The third-order valence-electron chi connectivity index (χ3n) is 3.13. The summed E-state index contributed by atoms with van der Waals surface area (Å²) in [5, 5.41) is 17.9. The van der Waals surface area contributed by atoms with Crippen LogP contribution in [0.3, 0.4) is 0 Å². The maximum atomic E-state index is 8.94. The summed E-state index contributed by atoms with van der Waals surface area (Å²) in [5.74, 6) is 0. The number of rotatable bonds is 6. The third-order valence-corrected chi connectivity index (χ3v) is 3.13. The summed E-state index contributed by atoms with van der Waals surface area (Å²) in [7, 11) is 8.08. The van der Waals surface area contributed by atoms with Gasteiger partial charge in [0.15, 0.2) is 0 Å². The van der Waals surface area contributed by atoms with Crippen LogP contribution in [0.2, 0.25) is 0 Å². The molecule has 0 radical (unpaired) electrons. The average molecular weight is 262 g/mol. The molecule has 4 atom stereocenters. The quantitative estimate of drug-likeness (QED) is 0.760. The van der Waals surface area contributed by atoms with E-state index in [-0.39, 0.29) is 12.2 Å². The molecule has 0 saturated heterocycles. The second-order valence-corrected chi connectivity index (χ2v) is 5.79. The first kappa shape index (κ1) is 20.2. The lowest BCUT2D eigenvalue weighted by molar-refractivity contribution is 0.144. The molecule has 0 spiro atoms. The van der Waals surface area contributed by atoms with Gasteiger partial charge in [-0.25, -0.2) is 0 Å². The first-order valence-corrected chi connectivity index (χ1v) is 6.76. The molecule has 4 unspecified atom stereocenters. The van der Waals surface area contributed by atoms with E-state index in [9.17, 15) is 0 Å². The summed E-state index contributed by atoms with van der Waals surface area (Å²) in [6.07, 6.45) is 1.35. The van der Waals surface area contributed by atoms with E-state index < -0.39 is 0 Å².